The first-order valence-electron chi connectivity index (χ1n) is 5.65. The Morgan fingerprint density at radius 1 is 1.35 bits per heavy atom. The summed E-state index contributed by atoms with van der Waals surface area (Å²) in [4.78, 5) is 0. The molecule has 1 aliphatic heterocycles. The smallest absolute Gasteiger partial charge is 0.319 e. The van der Waals surface area contributed by atoms with Gasteiger partial charge in [-0.15, -0.1) is 0 Å². The average molecular weight is 258 g/mol. The average Bonchev–Trinajstić information content (AvgIpc) is 2.66. The van der Waals surface area contributed by atoms with E-state index >= 15 is 0 Å². The fourth-order valence-corrected chi connectivity index (χ4v) is 1.79. The summed E-state index contributed by atoms with van der Waals surface area (Å²) in [6.07, 6.45) is -3.63. The summed E-state index contributed by atoms with van der Waals surface area (Å²) in [7, 11) is 0. The van der Waals surface area contributed by atoms with E-state index in [-0.39, 0.29) is 18.5 Å². The van der Waals surface area contributed by atoms with Crippen LogP contribution in [0, 0.1) is 5.92 Å². The molecule has 1 fully saturated rings. The lowest BCUT2D eigenvalue weighted by atomic mass is 10.0. The Morgan fingerprint density at radius 3 is 2.65 bits per heavy atom. The second-order valence-corrected chi connectivity index (χ2v) is 4.15. The topological polar surface area (TPSA) is 33.3 Å². The number of alkyl halides is 4. The van der Waals surface area contributed by atoms with Crippen LogP contribution in [0.3, 0.4) is 0 Å². The molecule has 0 saturated carbocycles. The van der Waals surface area contributed by atoms with Crippen LogP contribution in [0.5, 0.6) is 0 Å². The normalized spacial score (nSPS) is 25.8. The predicted molar refractivity (Wildman–Crippen MR) is 55.6 cm³/mol. The van der Waals surface area contributed by atoms with Crippen LogP contribution in [0.1, 0.15) is 6.92 Å². The Kier molecular flexibility index (Phi) is 5.61. The van der Waals surface area contributed by atoms with Gasteiger partial charge in [-0.2, -0.15) is 8.78 Å². The second-order valence-electron chi connectivity index (χ2n) is 4.15. The van der Waals surface area contributed by atoms with Crippen LogP contribution in [-0.4, -0.2) is 51.2 Å². The molecular weight excluding hydrogens is 240 g/mol. The van der Waals surface area contributed by atoms with Crippen LogP contribution < -0.4 is 10.6 Å². The number of halogens is 4. The summed E-state index contributed by atoms with van der Waals surface area (Å²) in [5.41, 5.74) is 0. The minimum atomic E-state index is -3.97. The van der Waals surface area contributed by atoms with Crippen molar-refractivity contribution in [2.24, 2.45) is 5.92 Å². The number of hydrogen-bond donors (Lipinski definition) is 2. The van der Waals surface area contributed by atoms with Gasteiger partial charge in [0.2, 0.25) is 0 Å². The van der Waals surface area contributed by atoms with Crippen molar-refractivity contribution in [1.82, 2.24) is 10.6 Å². The lowest BCUT2D eigenvalue weighted by Crippen LogP contribution is -2.44. The lowest BCUT2D eigenvalue weighted by Gasteiger charge is -2.21. The molecule has 1 aliphatic rings. The summed E-state index contributed by atoms with van der Waals surface area (Å²) >= 11 is 0. The Bertz CT molecular complexity index is 228. The molecule has 0 radical (unpaired) electrons. The molecule has 3 nitrogen and oxygen atoms in total. The van der Waals surface area contributed by atoms with Crippen molar-refractivity contribution in [3.05, 3.63) is 0 Å². The van der Waals surface area contributed by atoms with Crippen LogP contribution in [0.15, 0.2) is 0 Å². The van der Waals surface area contributed by atoms with Gasteiger partial charge in [0, 0.05) is 18.5 Å². The van der Waals surface area contributed by atoms with Crippen LogP contribution in [0.2, 0.25) is 0 Å². The molecule has 0 bridgehead atoms. The van der Waals surface area contributed by atoms with E-state index in [9.17, 15) is 17.6 Å². The van der Waals surface area contributed by atoms with Gasteiger partial charge in [0.25, 0.3) is 0 Å². The predicted octanol–water partition coefficient (Wildman–Crippen LogP) is 1.10. The third-order valence-corrected chi connectivity index (χ3v) is 2.75. The van der Waals surface area contributed by atoms with E-state index in [4.69, 9.17) is 4.74 Å². The van der Waals surface area contributed by atoms with Crippen LogP contribution >= 0.6 is 0 Å². The van der Waals surface area contributed by atoms with Crippen LogP contribution in [0.25, 0.3) is 0 Å². The van der Waals surface area contributed by atoms with E-state index in [0.717, 1.165) is 6.54 Å². The summed E-state index contributed by atoms with van der Waals surface area (Å²) < 4.78 is 54.2. The van der Waals surface area contributed by atoms with E-state index in [0.29, 0.717) is 13.2 Å². The van der Waals surface area contributed by atoms with E-state index in [1.807, 2.05) is 6.92 Å². The Balaban J connectivity index is 2.26. The molecule has 102 valence electrons. The molecule has 0 spiro atoms. The number of hydrogen-bond acceptors (Lipinski definition) is 3. The first kappa shape index (κ1) is 14.7. The highest BCUT2D eigenvalue weighted by Gasteiger charge is 2.40. The molecule has 0 amide bonds. The SMILES string of the molecule is CCNC1COCC1CNCC(F)(F)C(F)F. The van der Waals surface area contributed by atoms with Crippen molar-refractivity contribution in [2.45, 2.75) is 25.3 Å². The number of rotatable bonds is 7. The van der Waals surface area contributed by atoms with Gasteiger partial charge in [-0.1, -0.05) is 6.92 Å². The molecule has 2 atom stereocenters. The largest absolute Gasteiger partial charge is 0.379 e. The first-order valence-corrected chi connectivity index (χ1v) is 5.65. The molecule has 17 heavy (non-hydrogen) atoms. The third-order valence-electron chi connectivity index (χ3n) is 2.75. The van der Waals surface area contributed by atoms with Crippen molar-refractivity contribution in [1.29, 1.82) is 0 Å². The van der Waals surface area contributed by atoms with Crippen LogP contribution in [0.4, 0.5) is 17.6 Å². The number of nitrogens with one attached hydrogen (secondary N) is 2. The molecule has 1 rings (SSSR count). The molecule has 0 aromatic heterocycles. The molecule has 1 saturated heterocycles. The summed E-state index contributed by atoms with van der Waals surface area (Å²) in [6, 6.07) is 0.104. The van der Waals surface area contributed by atoms with E-state index in [1.165, 1.54) is 0 Å². The standard InChI is InChI=1S/C10H18F4N2O/c1-2-16-8-5-17-4-7(8)3-15-6-10(13,14)9(11)12/h7-9,15-16H,2-6H2,1H3. The first-order chi connectivity index (χ1) is 7.97. The summed E-state index contributed by atoms with van der Waals surface area (Å²) in [6.45, 7) is 2.95. The van der Waals surface area contributed by atoms with Crippen molar-refractivity contribution in [3.8, 4) is 0 Å². The number of likely N-dealkylation sites (N-methyl/N-ethyl adjacent to an activating group) is 1. The zero-order valence-corrected chi connectivity index (χ0v) is 9.69. The zero-order valence-electron chi connectivity index (χ0n) is 9.69. The molecule has 1 heterocycles. The molecule has 2 unspecified atom stereocenters. The minimum Gasteiger partial charge on any atom is -0.379 e. The van der Waals surface area contributed by atoms with Gasteiger partial charge in [0.1, 0.15) is 0 Å². The summed E-state index contributed by atoms with van der Waals surface area (Å²) in [5.74, 6) is -3.92. The van der Waals surface area contributed by atoms with Crippen molar-refractivity contribution < 1.29 is 22.3 Å². The highest BCUT2D eigenvalue weighted by Crippen LogP contribution is 2.21. The maximum absolute atomic E-state index is 12.6. The van der Waals surface area contributed by atoms with E-state index in [1.54, 1.807) is 0 Å². The fourth-order valence-electron chi connectivity index (χ4n) is 1.79. The van der Waals surface area contributed by atoms with E-state index < -0.39 is 18.9 Å². The lowest BCUT2D eigenvalue weighted by molar-refractivity contribution is -0.125. The summed E-state index contributed by atoms with van der Waals surface area (Å²) in [5, 5.41) is 5.55. The molecule has 0 aromatic carbocycles. The van der Waals surface area contributed by atoms with Gasteiger partial charge in [-0.25, -0.2) is 8.78 Å². The highest BCUT2D eigenvalue weighted by atomic mass is 19.3. The zero-order chi connectivity index (χ0) is 12.9. The van der Waals surface area contributed by atoms with Crippen molar-refractivity contribution >= 4 is 0 Å². The minimum absolute atomic E-state index is 0.0448. The van der Waals surface area contributed by atoms with Gasteiger partial charge < -0.3 is 15.4 Å². The maximum atomic E-state index is 12.6. The molecular formula is C10H18F4N2O. The van der Waals surface area contributed by atoms with Gasteiger partial charge in [0.15, 0.2) is 0 Å². The molecule has 2 N–H and O–H groups in total. The van der Waals surface area contributed by atoms with Gasteiger partial charge >= 0.3 is 12.3 Å². The second kappa shape index (κ2) is 6.51. The number of ether oxygens (including phenoxy) is 1. The van der Waals surface area contributed by atoms with Crippen molar-refractivity contribution in [3.63, 3.8) is 0 Å². The van der Waals surface area contributed by atoms with Gasteiger partial charge in [-0.3, -0.25) is 0 Å². The van der Waals surface area contributed by atoms with E-state index in [2.05, 4.69) is 10.6 Å². The fraction of sp³-hybridized carbons (Fsp3) is 1.00. The molecule has 7 heteroatoms. The third kappa shape index (κ3) is 4.40. The Hall–Kier alpha value is -0.400. The van der Waals surface area contributed by atoms with Gasteiger partial charge in [-0.05, 0) is 6.54 Å². The quantitative estimate of drug-likeness (QED) is 0.671. The highest BCUT2D eigenvalue weighted by molar-refractivity contribution is 4.83. The molecule has 0 aliphatic carbocycles. The molecule has 0 aromatic rings. The van der Waals surface area contributed by atoms with Crippen LogP contribution in [-0.2, 0) is 4.74 Å². The maximum Gasteiger partial charge on any atom is 0.319 e. The monoisotopic (exact) mass is 258 g/mol. The Morgan fingerprint density at radius 2 is 2.06 bits per heavy atom. The Labute approximate surface area is 97.9 Å². The van der Waals surface area contributed by atoms with Gasteiger partial charge in [0.05, 0.1) is 19.8 Å². The van der Waals surface area contributed by atoms with Crippen molar-refractivity contribution in [2.75, 3.05) is 32.8 Å².